The molecule has 7 heteroatoms. The lowest BCUT2D eigenvalue weighted by molar-refractivity contribution is 0.102. The van der Waals surface area contributed by atoms with Gasteiger partial charge in [-0.3, -0.25) is 10.1 Å². The number of aromatic nitrogens is 1. The van der Waals surface area contributed by atoms with Crippen LogP contribution in [0.5, 0.6) is 0 Å². The fraction of sp³-hybridized carbons (Fsp3) is 0.333. The van der Waals surface area contributed by atoms with Gasteiger partial charge in [0, 0.05) is 46.3 Å². The molecule has 0 bridgehead atoms. The molecule has 0 fully saturated rings. The van der Waals surface area contributed by atoms with E-state index in [1.54, 1.807) is 0 Å². The van der Waals surface area contributed by atoms with E-state index in [9.17, 15) is 4.79 Å². The molecule has 0 aliphatic heterocycles. The number of nitrogens with zero attached hydrogens (tertiary/aromatic N) is 1. The van der Waals surface area contributed by atoms with Crippen molar-refractivity contribution in [1.82, 2.24) is 4.98 Å². The molecule has 0 unspecified atom stereocenters. The minimum absolute atomic E-state index is 0.0492. The summed E-state index contributed by atoms with van der Waals surface area (Å²) in [6, 6.07) is 16.0. The number of benzene rings is 2. The van der Waals surface area contributed by atoms with Crippen molar-refractivity contribution in [3.05, 3.63) is 70.7 Å². The Balaban J connectivity index is 1.58. The molecule has 0 aliphatic rings. The van der Waals surface area contributed by atoms with Crippen molar-refractivity contribution in [2.24, 2.45) is 0 Å². The number of nitrogens with one attached hydrogen (secondary N) is 2. The van der Waals surface area contributed by atoms with Crippen LogP contribution < -0.4 is 10.6 Å². The molecular formula is C24H29N3O2S2. The van der Waals surface area contributed by atoms with Crippen molar-refractivity contribution in [3.8, 4) is 0 Å². The molecule has 1 amide bonds. The first-order valence-corrected chi connectivity index (χ1v) is 12.3. The maximum atomic E-state index is 12.5. The molecule has 0 radical (unpaired) electrons. The number of carbonyl (C=O) groups excluding carboxylic acids is 1. The van der Waals surface area contributed by atoms with E-state index >= 15 is 0 Å². The van der Waals surface area contributed by atoms with Gasteiger partial charge in [0.25, 0.3) is 5.91 Å². The monoisotopic (exact) mass is 455 g/mol. The normalized spacial score (nSPS) is 11.0. The van der Waals surface area contributed by atoms with Gasteiger partial charge in [0.2, 0.25) is 0 Å². The molecule has 0 atom stereocenters. The molecule has 31 heavy (non-hydrogen) atoms. The van der Waals surface area contributed by atoms with E-state index in [0.29, 0.717) is 28.9 Å². The van der Waals surface area contributed by atoms with Gasteiger partial charge in [-0.1, -0.05) is 38.1 Å². The highest BCUT2D eigenvalue weighted by Crippen LogP contribution is 2.33. The number of thiazole rings is 1. The summed E-state index contributed by atoms with van der Waals surface area (Å²) in [6.07, 6.45) is 2.80. The zero-order valence-electron chi connectivity index (χ0n) is 17.9. The van der Waals surface area contributed by atoms with Crippen LogP contribution in [0.4, 0.5) is 10.8 Å². The molecule has 5 nitrogen and oxygen atoms in total. The second-order valence-electron chi connectivity index (χ2n) is 7.17. The van der Waals surface area contributed by atoms with Gasteiger partial charge in [0.15, 0.2) is 5.13 Å². The molecule has 0 saturated carbocycles. The summed E-state index contributed by atoms with van der Waals surface area (Å²) in [7, 11) is 0. The van der Waals surface area contributed by atoms with Gasteiger partial charge in [0.05, 0.1) is 5.69 Å². The highest BCUT2D eigenvalue weighted by atomic mass is 32.2. The van der Waals surface area contributed by atoms with Crippen molar-refractivity contribution < 1.29 is 9.90 Å². The van der Waals surface area contributed by atoms with E-state index in [-0.39, 0.29) is 12.5 Å². The zero-order chi connectivity index (χ0) is 22.1. The van der Waals surface area contributed by atoms with Crippen LogP contribution in [0.2, 0.25) is 0 Å². The zero-order valence-corrected chi connectivity index (χ0v) is 19.6. The topological polar surface area (TPSA) is 74.2 Å². The highest BCUT2D eigenvalue weighted by molar-refractivity contribution is 8.00. The Labute approximate surface area is 192 Å². The molecule has 1 aromatic heterocycles. The number of hydrogen-bond donors (Lipinski definition) is 3. The smallest absolute Gasteiger partial charge is 0.257 e. The van der Waals surface area contributed by atoms with Crippen molar-refractivity contribution in [2.45, 2.75) is 49.8 Å². The average molecular weight is 456 g/mol. The van der Waals surface area contributed by atoms with Crippen LogP contribution in [-0.4, -0.2) is 27.9 Å². The third kappa shape index (κ3) is 6.82. The predicted molar refractivity (Wildman–Crippen MR) is 131 cm³/mol. The van der Waals surface area contributed by atoms with Crippen LogP contribution in [-0.2, 0) is 13.0 Å². The van der Waals surface area contributed by atoms with Crippen molar-refractivity contribution in [3.63, 3.8) is 0 Å². The Hall–Kier alpha value is -2.35. The van der Waals surface area contributed by atoms with Crippen LogP contribution in [0.15, 0.2) is 58.8 Å². The number of hydrogen-bond acceptors (Lipinski definition) is 6. The van der Waals surface area contributed by atoms with Gasteiger partial charge >= 0.3 is 0 Å². The Morgan fingerprint density at radius 1 is 1.13 bits per heavy atom. The predicted octanol–water partition coefficient (Wildman–Crippen LogP) is 5.82. The molecule has 3 N–H and O–H groups in total. The highest BCUT2D eigenvalue weighted by Gasteiger charge is 2.11. The van der Waals surface area contributed by atoms with Crippen LogP contribution in [0, 0.1) is 0 Å². The summed E-state index contributed by atoms with van der Waals surface area (Å²) < 4.78 is 0. The van der Waals surface area contributed by atoms with Crippen molar-refractivity contribution in [1.29, 1.82) is 0 Å². The summed E-state index contributed by atoms with van der Waals surface area (Å²) in [5, 5.41) is 18.4. The van der Waals surface area contributed by atoms with Gasteiger partial charge in [-0.2, -0.15) is 0 Å². The molecule has 1 heterocycles. The van der Waals surface area contributed by atoms with Crippen molar-refractivity contribution in [2.75, 3.05) is 17.2 Å². The summed E-state index contributed by atoms with van der Waals surface area (Å²) >= 11 is 3.29. The van der Waals surface area contributed by atoms with E-state index in [2.05, 4.69) is 53.7 Å². The Morgan fingerprint density at radius 3 is 2.58 bits per heavy atom. The Morgan fingerprint density at radius 2 is 1.87 bits per heavy atom. The van der Waals surface area contributed by atoms with Gasteiger partial charge in [-0.15, -0.1) is 23.1 Å². The molecule has 0 spiro atoms. The van der Waals surface area contributed by atoms with Crippen LogP contribution in [0.3, 0.4) is 0 Å². The van der Waals surface area contributed by atoms with E-state index in [0.717, 1.165) is 29.8 Å². The van der Waals surface area contributed by atoms with Crippen molar-refractivity contribution >= 4 is 39.8 Å². The Kier molecular flexibility index (Phi) is 8.94. The lowest BCUT2D eigenvalue weighted by Crippen LogP contribution is -2.12. The molecule has 3 rings (SSSR count). The average Bonchev–Trinajstić information content (AvgIpc) is 3.24. The number of thioether (sulfide) groups is 1. The number of aliphatic hydroxyl groups excluding tert-OH is 1. The lowest BCUT2D eigenvalue weighted by atomic mass is 10.1. The standard InChI is InChI=1S/C24H29N3O2S2/c1-3-20(4-2)31-22-8-6-5-7-21(22)25-15-17-9-11-18(12-10-17)23(29)27-24-26-19(13-14-28)16-30-24/h5-12,16,20,25,28H,3-4,13-15H2,1-2H3,(H,26,27,29). The molecule has 3 aromatic rings. The fourth-order valence-corrected chi connectivity index (χ4v) is 4.94. The van der Waals surface area contributed by atoms with Gasteiger partial charge in [-0.25, -0.2) is 4.98 Å². The summed E-state index contributed by atoms with van der Waals surface area (Å²) in [5.74, 6) is -0.184. The molecule has 164 valence electrons. The van der Waals surface area contributed by atoms with E-state index < -0.39 is 0 Å². The van der Waals surface area contributed by atoms with Crippen LogP contribution in [0.25, 0.3) is 0 Å². The quantitative estimate of drug-likeness (QED) is 0.318. The SMILES string of the molecule is CCC(CC)Sc1ccccc1NCc1ccc(C(=O)Nc2nc(CCO)cs2)cc1. The molecule has 2 aromatic carbocycles. The minimum atomic E-state index is -0.184. The number of rotatable bonds is 11. The third-order valence-corrected chi connectivity index (χ3v) is 7.35. The van der Waals surface area contributed by atoms with Gasteiger partial charge in [0.1, 0.15) is 0 Å². The first-order valence-electron chi connectivity index (χ1n) is 10.6. The minimum Gasteiger partial charge on any atom is -0.396 e. The third-order valence-electron chi connectivity index (χ3n) is 4.93. The number of para-hydroxylation sites is 1. The second-order valence-corrected chi connectivity index (χ2v) is 9.38. The number of aliphatic hydroxyl groups is 1. The Bertz CT molecular complexity index is 969. The summed E-state index contributed by atoms with van der Waals surface area (Å²) in [5.41, 5.74) is 3.63. The maximum Gasteiger partial charge on any atom is 0.257 e. The van der Waals surface area contributed by atoms with Gasteiger partial charge < -0.3 is 10.4 Å². The number of carbonyl (C=O) groups is 1. The van der Waals surface area contributed by atoms with E-state index in [1.165, 1.54) is 16.2 Å². The maximum absolute atomic E-state index is 12.5. The first-order chi connectivity index (χ1) is 15.1. The van der Waals surface area contributed by atoms with E-state index in [1.807, 2.05) is 41.4 Å². The number of amides is 1. The van der Waals surface area contributed by atoms with E-state index in [4.69, 9.17) is 5.11 Å². The lowest BCUT2D eigenvalue weighted by Gasteiger charge is -2.16. The first kappa shape index (κ1) is 23.3. The van der Waals surface area contributed by atoms with Gasteiger partial charge in [-0.05, 0) is 42.7 Å². The molecular weight excluding hydrogens is 426 g/mol. The molecule has 0 saturated heterocycles. The second kappa shape index (κ2) is 11.9. The van der Waals surface area contributed by atoms with Crippen LogP contribution in [0.1, 0.15) is 48.3 Å². The summed E-state index contributed by atoms with van der Waals surface area (Å²) in [4.78, 5) is 18.0. The fourth-order valence-electron chi connectivity index (χ4n) is 3.08. The largest absolute Gasteiger partial charge is 0.396 e. The summed E-state index contributed by atoms with van der Waals surface area (Å²) in [6.45, 7) is 5.21. The molecule has 0 aliphatic carbocycles. The van der Waals surface area contributed by atoms with Crippen LogP contribution >= 0.6 is 23.1 Å². The number of anilines is 2.